The van der Waals surface area contributed by atoms with Crippen LogP contribution >= 0.6 is 12.6 Å². The highest BCUT2D eigenvalue weighted by molar-refractivity contribution is 7.80. The maximum absolute atomic E-state index is 4.48. The zero-order valence-corrected chi connectivity index (χ0v) is 11.5. The van der Waals surface area contributed by atoms with Crippen LogP contribution in [0.25, 0.3) is 0 Å². The average molecular weight is 229 g/mol. The van der Waals surface area contributed by atoms with Gasteiger partial charge in [-0.2, -0.15) is 12.6 Å². The van der Waals surface area contributed by atoms with E-state index in [2.05, 4.69) is 38.3 Å². The number of nitrogens with zero attached hydrogens (tertiary/aromatic N) is 1. The van der Waals surface area contributed by atoms with Crippen LogP contribution in [0.5, 0.6) is 0 Å². The summed E-state index contributed by atoms with van der Waals surface area (Å²) in [7, 11) is 0. The molecule has 0 amide bonds. The summed E-state index contributed by atoms with van der Waals surface area (Å²) in [6.45, 7) is 9.59. The van der Waals surface area contributed by atoms with Gasteiger partial charge in [0.15, 0.2) is 0 Å². The lowest BCUT2D eigenvalue weighted by atomic mass is 9.96. The highest BCUT2D eigenvalue weighted by Crippen LogP contribution is 2.21. The molecule has 0 spiro atoms. The molecule has 1 aliphatic heterocycles. The Kier molecular flexibility index (Phi) is 6.06. The molecule has 2 atom stereocenters. The van der Waals surface area contributed by atoms with Gasteiger partial charge in [0.2, 0.25) is 0 Å². The Morgan fingerprint density at radius 1 is 1.27 bits per heavy atom. The van der Waals surface area contributed by atoms with Gasteiger partial charge in [-0.1, -0.05) is 26.7 Å². The summed E-state index contributed by atoms with van der Waals surface area (Å²) in [6, 6.07) is 0.786. The molecule has 0 aromatic carbocycles. The molecular formula is C13H27NS. The summed E-state index contributed by atoms with van der Waals surface area (Å²) in [4.78, 5) is 2.69. The van der Waals surface area contributed by atoms with Gasteiger partial charge >= 0.3 is 0 Å². The van der Waals surface area contributed by atoms with Crippen LogP contribution < -0.4 is 0 Å². The van der Waals surface area contributed by atoms with Gasteiger partial charge in [0.1, 0.15) is 0 Å². The van der Waals surface area contributed by atoms with Crippen molar-refractivity contribution in [1.82, 2.24) is 4.90 Å². The predicted molar refractivity (Wildman–Crippen MR) is 71.7 cm³/mol. The first-order chi connectivity index (χ1) is 7.15. The van der Waals surface area contributed by atoms with E-state index < -0.39 is 0 Å². The normalized spacial score (nSPS) is 26.6. The van der Waals surface area contributed by atoms with E-state index in [9.17, 15) is 0 Å². The Balaban J connectivity index is 2.45. The van der Waals surface area contributed by atoms with Crippen LogP contribution in [-0.4, -0.2) is 29.8 Å². The van der Waals surface area contributed by atoms with Crippen molar-refractivity contribution < 1.29 is 0 Å². The topological polar surface area (TPSA) is 3.24 Å². The van der Waals surface area contributed by atoms with Crippen molar-refractivity contribution in [2.45, 2.75) is 52.5 Å². The highest BCUT2D eigenvalue weighted by atomic mass is 32.1. The second-order valence-corrected chi connectivity index (χ2v) is 5.75. The molecule has 1 nitrogen and oxygen atoms in total. The lowest BCUT2D eigenvalue weighted by Crippen LogP contribution is -2.38. The van der Waals surface area contributed by atoms with E-state index in [1.165, 1.54) is 38.8 Å². The third-order valence-corrected chi connectivity index (χ3v) is 4.31. The first-order valence-corrected chi connectivity index (χ1v) is 7.13. The van der Waals surface area contributed by atoms with Crippen LogP contribution in [0.1, 0.15) is 46.5 Å². The van der Waals surface area contributed by atoms with Crippen LogP contribution in [0.15, 0.2) is 0 Å². The Morgan fingerprint density at radius 2 is 2.00 bits per heavy atom. The number of rotatable bonds is 4. The Labute approximate surface area is 101 Å². The molecule has 1 saturated heterocycles. The van der Waals surface area contributed by atoms with E-state index in [4.69, 9.17) is 0 Å². The Hall–Kier alpha value is 0.310. The summed E-state index contributed by atoms with van der Waals surface area (Å²) >= 11 is 4.48. The summed E-state index contributed by atoms with van der Waals surface area (Å²) in [5.74, 6) is 2.55. The van der Waals surface area contributed by atoms with Gasteiger partial charge in [0, 0.05) is 12.6 Å². The Morgan fingerprint density at radius 3 is 2.60 bits per heavy atom. The van der Waals surface area contributed by atoms with Gasteiger partial charge in [-0.05, 0) is 43.9 Å². The lowest BCUT2D eigenvalue weighted by Gasteiger charge is -2.32. The summed E-state index contributed by atoms with van der Waals surface area (Å²) in [5.41, 5.74) is 0. The maximum Gasteiger partial charge on any atom is 0.00670 e. The van der Waals surface area contributed by atoms with Gasteiger partial charge in [-0.25, -0.2) is 0 Å². The van der Waals surface area contributed by atoms with Crippen molar-refractivity contribution in [2.75, 3.05) is 18.8 Å². The number of thiol groups is 1. The average Bonchev–Trinajstić information content (AvgIpc) is 2.39. The van der Waals surface area contributed by atoms with Crippen LogP contribution in [0.2, 0.25) is 0 Å². The fourth-order valence-electron chi connectivity index (χ4n) is 2.39. The summed E-state index contributed by atoms with van der Waals surface area (Å²) in [6.07, 6.45) is 5.62. The fourth-order valence-corrected chi connectivity index (χ4v) is 2.92. The van der Waals surface area contributed by atoms with Gasteiger partial charge in [-0.3, -0.25) is 0 Å². The first-order valence-electron chi connectivity index (χ1n) is 6.50. The molecule has 0 N–H and O–H groups in total. The quantitative estimate of drug-likeness (QED) is 0.723. The molecule has 1 rings (SSSR count). The zero-order chi connectivity index (χ0) is 11.3. The van der Waals surface area contributed by atoms with E-state index in [0.717, 1.165) is 23.6 Å². The number of hydrogen-bond acceptors (Lipinski definition) is 2. The van der Waals surface area contributed by atoms with Gasteiger partial charge in [0.05, 0.1) is 0 Å². The third kappa shape index (κ3) is 4.36. The van der Waals surface area contributed by atoms with Gasteiger partial charge in [0.25, 0.3) is 0 Å². The maximum atomic E-state index is 4.48. The monoisotopic (exact) mass is 229 g/mol. The second-order valence-electron chi connectivity index (χ2n) is 5.38. The molecule has 0 aromatic heterocycles. The molecule has 0 radical (unpaired) electrons. The molecule has 90 valence electrons. The highest BCUT2D eigenvalue weighted by Gasteiger charge is 2.21. The van der Waals surface area contributed by atoms with E-state index in [-0.39, 0.29) is 0 Å². The lowest BCUT2D eigenvalue weighted by molar-refractivity contribution is 0.169. The molecule has 1 heterocycles. The van der Waals surface area contributed by atoms with Crippen molar-refractivity contribution in [1.29, 1.82) is 0 Å². The zero-order valence-electron chi connectivity index (χ0n) is 10.6. The molecule has 1 aliphatic rings. The van der Waals surface area contributed by atoms with Crippen LogP contribution in [0, 0.1) is 11.8 Å². The van der Waals surface area contributed by atoms with E-state index in [0.29, 0.717) is 0 Å². The Bertz CT molecular complexity index is 170. The van der Waals surface area contributed by atoms with Crippen molar-refractivity contribution >= 4 is 12.6 Å². The summed E-state index contributed by atoms with van der Waals surface area (Å²) < 4.78 is 0. The number of hydrogen-bond donors (Lipinski definition) is 1. The third-order valence-electron chi connectivity index (χ3n) is 3.84. The minimum absolute atomic E-state index is 0.758. The van der Waals surface area contributed by atoms with E-state index in [1.807, 2.05) is 0 Å². The molecule has 0 aliphatic carbocycles. The molecule has 2 unspecified atom stereocenters. The minimum atomic E-state index is 0.758. The van der Waals surface area contributed by atoms with Crippen molar-refractivity contribution in [3.05, 3.63) is 0 Å². The van der Waals surface area contributed by atoms with Crippen LogP contribution in [0.4, 0.5) is 0 Å². The molecule has 0 saturated carbocycles. The van der Waals surface area contributed by atoms with E-state index in [1.54, 1.807) is 0 Å². The second kappa shape index (κ2) is 6.80. The first kappa shape index (κ1) is 13.4. The number of likely N-dealkylation sites (tertiary alicyclic amines) is 1. The van der Waals surface area contributed by atoms with Crippen molar-refractivity contribution in [2.24, 2.45) is 11.8 Å². The SMILES string of the molecule is CC(C)C(CS)CN1CCCCCC1C. The fraction of sp³-hybridized carbons (Fsp3) is 1.00. The smallest absolute Gasteiger partial charge is 0.00670 e. The standard InChI is InChI=1S/C13H27NS/c1-11(2)13(10-15)9-14-8-6-4-5-7-12(14)3/h11-13,15H,4-10H2,1-3H3. The molecule has 1 fully saturated rings. The predicted octanol–water partition coefficient (Wildman–Crippen LogP) is 3.45. The molecule has 2 heteroatoms. The van der Waals surface area contributed by atoms with Gasteiger partial charge < -0.3 is 4.90 Å². The minimum Gasteiger partial charge on any atom is -0.300 e. The summed E-state index contributed by atoms with van der Waals surface area (Å²) in [5, 5.41) is 0. The molecule has 0 aromatic rings. The molecule has 15 heavy (non-hydrogen) atoms. The molecular weight excluding hydrogens is 202 g/mol. The van der Waals surface area contributed by atoms with Gasteiger partial charge in [-0.15, -0.1) is 0 Å². The van der Waals surface area contributed by atoms with Crippen LogP contribution in [0.3, 0.4) is 0 Å². The molecule has 0 bridgehead atoms. The largest absolute Gasteiger partial charge is 0.300 e. The van der Waals surface area contributed by atoms with E-state index >= 15 is 0 Å². The van der Waals surface area contributed by atoms with Crippen molar-refractivity contribution in [3.8, 4) is 0 Å². The van der Waals surface area contributed by atoms with Crippen LogP contribution in [-0.2, 0) is 0 Å². The van der Waals surface area contributed by atoms with Crippen molar-refractivity contribution in [3.63, 3.8) is 0 Å².